The second-order valence-electron chi connectivity index (χ2n) is 7.05. The van der Waals surface area contributed by atoms with E-state index >= 15 is 0 Å². The molecule has 0 heterocycles. The Labute approximate surface area is 207 Å². The Morgan fingerprint density at radius 3 is 2.09 bits per heavy atom. The molecule has 3 aromatic carbocycles. The van der Waals surface area contributed by atoms with E-state index in [4.69, 9.17) is 11.6 Å². The highest BCUT2D eigenvalue weighted by molar-refractivity contribution is 9.10. The Morgan fingerprint density at radius 2 is 1.56 bits per heavy atom. The number of halogens is 2. The van der Waals surface area contributed by atoms with Gasteiger partial charge in [-0.3, -0.25) is 14.9 Å². The van der Waals surface area contributed by atoms with Gasteiger partial charge in [-0.2, -0.15) is 0 Å². The second-order valence-corrected chi connectivity index (χ2v) is 10.3. The fourth-order valence-corrected chi connectivity index (χ4v) is 5.14. The molecule has 0 amide bonds. The molecule has 0 radical (unpaired) electrons. The van der Waals surface area contributed by atoms with Crippen LogP contribution in [0.15, 0.2) is 76.1 Å². The SMILES string of the molecule is O=C/C(=C(\c1ccc(C(=O)O)cc1)c1ccc(Cl)c([N+](=O)[O-])c1)S(=O)(=O)Cc1ccc(Br)cc1. The topological polar surface area (TPSA) is 132 Å². The van der Waals surface area contributed by atoms with Gasteiger partial charge in [0.05, 0.1) is 16.2 Å². The number of nitro benzene ring substituents is 1. The number of allylic oxidation sites excluding steroid dienone is 1. The van der Waals surface area contributed by atoms with Gasteiger partial charge in [0, 0.05) is 16.1 Å². The van der Waals surface area contributed by atoms with Crippen LogP contribution in [0.25, 0.3) is 5.57 Å². The monoisotopic (exact) mass is 563 g/mol. The fraction of sp³-hybridized carbons (Fsp3) is 0.0435. The summed E-state index contributed by atoms with van der Waals surface area (Å²) in [6, 6.07) is 15.3. The third kappa shape index (κ3) is 5.58. The molecule has 0 atom stereocenters. The van der Waals surface area contributed by atoms with Crippen LogP contribution >= 0.6 is 27.5 Å². The van der Waals surface area contributed by atoms with Crippen LogP contribution in [0.4, 0.5) is 5.69 Å². The number of nitrogens with zero attached hydrogens (tertiary/aromatic N) is 1. The maximum Gasteiger partial charge on any atom is 0.335 e. The number of rotatable bonds is 8. The number of aromatic carboxylic acids is 1. The van der Waals surface area contributed by atoms with Crippen molar-refractivity contribution >= 4 is 60.9 Å². The fourth-order valence-electron chi connectivity index (χ4n) is 3.20. The lowest BCUT2D eigenvalue weighted by Crippen LogP contribution is -2.12. The number of carboxylic acid groups (broad SMARTS) is 1. The molecule has 0 saturated carbocycles. The van der Waals surface area contributed by atoms with Crippen LogP contribution in [0.3, 0.4) is 0 Å². The van der Waals surface area contributed by atoms with Gasteiger partial charge in [0.2, 0.25) is 0 Å². The zero-order valence-corrected chi connectivity index (χ0v) is 20.3. The molecular formula is C23H15BrClNO7S. The highest BCUT2D eigenvalue weighted by atomic mass is 79.9. The van der Waals surface area contributed by atoms with Gasteiger partial charge in [0.25, 0.3) is 5.69 Å². The third-order valence-corrected chi connectivity index (χ3v) is 7.34. The van der Waals surface area contributed by atoms with Crippen molar-refractivity contribution in [3.8, 4) is 0 Å². The molecule has 0 bridgehead atoms. The van der Waals surface area contributed by atoms with Crippen LogP contribution in [0.5, 0.6) is 0 Å². The molecule has 8 nitrogen and oxygen atoms in total. The summed E-state index contributed by atoms with van der Waals surface area (Å²) in [5.41, 5.74) is 0.0164. The molecule has 0 unspecified atom stereocenters. The van der Waals surface area contributed by atoms with Gasteiger partial charge in [-0.25, -0.2) is 13.2 Å². The maximum atomic E-state index is 13.3. The van der Waals surface area contributed by atoms with Crippen molar-refractivity contribution in [3.05, 3.63) is 113 Å². The number of nitro groups is 1. The number of carbonyl (C=O) groups is 2. The zero-order chi connectivity index (χ0) is 25.0. The van der Waals surface area contributed by atoms with Crippen LogP contribution < -0.4 is 0 Å². The molecule has 0 spiro atoms. The van der Waals surface area contributed by atoms with E-state index in [0.717, 1.165) is 10.5 Å². The van der Waals surface area contributed by atoms with Crippen LogP contribution in [0.1, 0.15) is 27.0 Å². The molecule has 3 aromatic rings. The van der Waals surface area contributed by atoms with E-state index in [1.807, 2.05) is 0 Å². The van der Waals surface area contributed by atoms with Crippen LogP contribution in [0.2, 0.25) is 5.02 Å². The molecular weight excluding hydrogens is 550 g/mol. The first-order valence-corrected chi connectivity index (χ1v) is 12.3. The Kier molecular flexibility index (Phi) is 7.65. The van der Waals surface area contributed by atoms with Gasteiger partial charge in [0.15, 0.2) is 16.1 Å². The van der Waals surface area contributed by atoms with E-state index in [1.165, 1.54) is 36.4 Å². The molecule has 174 valence electrons. The molecule has 0 aliphatic heterocycles. The maximum absolute atomic E-state index is 13.3. The number of carboxylic acids is 1. The van der Waals surface area contributed by atoms with E-state index in [0.29, 0.717) is 5.56 Å². The smallest absolute Gasteiger partial charge is 0.335 e. The van der Waals surface area contributed by atoms with E-state index in [1.54, 1.807) is 24.3 Å². The predicted octanol–water partition coefficient (Wildman–Crippen LogP) is 5.28. The summed E-state index contributed by atoms with van der Waals surface area (Å²) in [5.74, 6) is -1.70. The minimum Gasteiger partial charge on any atom is -0.478 e. The minimum atomic E-state index is -4.23. The first-order valence-electron chi connectivity index (χ1n) is 9.48. The van der Waals surface area contributed by atoms with Crippen LogP contribution in [0, 0.1) is 10.1 Å². The van der Waals surface area contributed by atoms with E-state index in [-0.39, 0.29) is 33.6 Å². The van der Waals surface area contributed by atoms with Gasteiger partial charge in [0.1, 0.15) is 9.93 Å². The van der Waals surface area contributed by atoms with Gasteiger partial charge >= 0.3 is 5.97 Å². The highest BCUT2D eigenvalue weighted by Gasteiger charge is 2.26. The van der Waals surface area contributed by atoms with E-state index in [2.05, 4.69) is 15.9 Å². The van der Waals surface area contributed by atoms with Crippen molar-refractivity contribution < 1.29 is 28.0 Å². The standard InChI is InChI=1S/C23H15BrClNO7S/c24-18-8-1-14(2-9-18)13-34(32,33)21(12-27)22(15-3-5-16(6-4-15)23(28)29)17-7-10-19(25)20(11-17)26(30)31/h1-12H,13H2,(H,28,29)/b22-21-. The van der Waals surface area contributed by atoms with Crippen LogP contribution in [-0.4, -0.2) is 30.7 Å². The summed E-state index contributed by atoms with van der Waals surface area (Å²) < 4.78 is 27.4. The van der Waals surface area contributed by atoms with Gasteiger partial charge in [-0.1, -0.05) is 57.9 Å². The Morgan fingerprint density at radius 1 is 1.00 bits per heavy atom. The number of carbonyl (C=O) groups excluding carboxylic acids is 1. The van der Waals surface area contributed by atoms with E-state index in [9.17, 15) is 33.2 Å². The summed E-state index contributed by atoms with van der Waals surface area (Å²) in [7, 11) is -4.23. The van der Waals surface area contributed by atoms with Crippen molar-refractivity contribution in [1.29, 1.82) is 0 Å². The van der Waals surface area contributed by atoms with Gasteiger partial charge in [-0.05, 0) is 47.0 Å². The number of benzene rings is 3. The highest BCUT2D eigenvalue weighted by Crippen LogP contribution is 2.35. The third-order valence-electron chi connectivity index (χ3n) is 4.81. The molecule has 34 heavy (non-hydrogen) atoms. The lowest BCUT2D eigenvalue weighted by Gasteiger charge is -2.14. The average Bonchev–Trinajstić information content (AvgIpc) is 2.79. The Hall–Kier alpha value is -3.34. The first kappa shape index (κ1) is 25.3. The van der Waals surface area contributed by atoms with Gasteiger partial charge in [-0.15, -0.1) is 0 Å². The molecule has 0 aromatic heterocycles. The zero-order valence-electron chi connectivity index (χ0n) is 17.1. The molecule has 3 rings (SSSR count). The molecule has 0 fully saturated rings. The number of sulfone groups is 1. The van der Waals surface area contributed by atoms with Crippen molar-refractivity contribution in [3.63, 3.8) is 0 Å². The largest absolute Gasteiger partial charge is 0.478 e. The molecule has 0 aliphatic carbocycles. The van der Waals surface area contributed by atoms with Gasteiger partial charge < -0.3 is 5.11 Å². The van der Waals surface area contributed by atoms with E-state index < -0.39 is 37.1 Å². The normalized spacial score (nSPS) is 12.1. The molecule has 0 aliphatic rings. The number of hydrogen-bond donors (Lipinski definition) is 1. The van der Waals surface area contributed by atoms with Crippen molar-refractivity contribution in [2.24, 2.45) is 0 Å². The first-order chi connectivity index (χ1) is 16.0. The summed E-state index contributed by atoms with van der Waals surface area (Å²) in [6.45, 7) is 0. The predicted molar refractivity (Wildman–Crippen MR) is 130 cm³/mol. The summed E-state index contributed by atoms with van der Waals surface area (Å²) in [4.78, 5) is 33.5. The van der Waals surface area contributed by atoms with Crippen molar-refractivity contribution in [2.45, 2.75) is 5.75 Å². The summed E-state index contributed by atoms with van der Waals surface area (Å²) in [6.07, 6.45) is 0.176. The minimum absolute atomic E-state index is 0.0562. The average molecular weight is 565 g/mol. The Balaban J connectivity index is 2.28. The lowest BCUT2D eigenvalue weighted by molar-refractivity contribution is -0.384. The van der Waals surface area contributed by atoms with Crippen molar-refractivity contribution in [2.75, 3.05) is 0 Å². The molecule has 0 saturated heterocycles. The second kappa shape index (κ2) is 10.3. The Bertz CT molecular complexity index is 1420. The van der Waals surface area contributed by atoms with Crippen molar-refractivity contribution in [1.82, 2.24) is 0 Å². The molecule has 11 heteroatoms. The number of aldehydes is 1. The number of hydrogen-bond acceptors (Lipinski definition) is 6. The molecule has 1 N–H and O–H groups in total. The quantitative estimate of drug-likeness (QED) is 0.170. The lowest BCUT2D eigenvalue weighted by atomic mass is 9.96. The summed E-state index contributed by atoms with van der Waals surface area (Å²) in [5, 5.41) is 20.4. The summed E-state index contributed by atoms with van der Waals surface area (Å²) >= 11 is 9.18. The van der Waals surface area contributed by atoms with Crippen LogP contribution in [-0.2, 0) is 20.4 Å².